The fourth-order valence-corrected chi connectivity index (χ4v) is 2.03. The van der Waals surface area contributed by atoms with E-state index < -0.39 is 12.0 Å². The van der Waals surface area contributed by atoms with Crippen LogP contribution in [0.25, 0.3) is 0 Å². The summed E-state index contributed by atoms with van der Waals surface area (Å²) in [6.07, 6.45) is 1.30. The lowest BCUT2D eigenvalue weighted by Gasteiger charge is -2.17. The van der Waals surface area contributed by atoms with E-state index in [1.165, 1.54) is 14.2 Å². The molecule has 0 radical (unpaired) electrons. The van der Waals surface area contributed by atoms with Crippen LogP contribution in [0.4, 0.5) is 0 Å². The van der Waals surface area contributed by atoms with Crippen molar-refractivity contribution in [3.8, 4) is 11.5 Å². The van der Waals surface area contributed by atoms with Gasteiger partial charge in [0.25, 0.3) is 5.91 Å². The second kappa shape index (κ2) is 8.14. The first kappa shape index (κ1) is 16.8. The molecule has 6 heteroatoms. The Bertz CT molecular complexity index is 501. The van der Waals surface area contributed by atoms with Gasteiger partial charge >= 0.3 is 5.97 Å². The summed E-state index contributed by atoms with van der Waals surface area (Å²) in [7, 11) is 2.99. The number of nitrogens with one attached hydrogen (secondary N) is 1. The first-order chi connectivity index (χ1) is 10.0. The average Bonchev–Trinajstić information content (AvgIpc) is 2.45. The topological polar surface area (TPSA) is 84.9 Å². The van der Waals surface area contributed by atoms with Crippen molar-refractivity contribution in [3.05, 3.63) is 23.8 Å². The summed E-state index contributed by atoms with van der Waals surface area (Å²) < 4.78 is 10.2. The molecule has 1 rings (SSSR count). The van der Waals surface area contributed by atoms with Crippen molar-refractivity contribution in [1.82, 2.24) is 5.32 Å². The van der Waals surface area contributed by atoms with E-state index in [-0.39, 0.29) is 12.3 Å². The van der Waals surface area contributed by atoms with Gasteiger partial charge in [-0.1, -0.05) is 13.3 Å². The van der Waals surface area contributed by atoms with Gasteiger partial charge < -0.3 is 19.9 Å². The van der Waals surface area contributed by atoms with Crippen molar-refractivity contribution in [2.75, 3.05) is 14.2 Å². The second-order valence-corrected chi connectivity index (χ2v) is 4.62. The quantitative estimate of drug-likeness (QED) is 0.767. The predicted molar refractivity (Wildman–Crippen MR) is 78.0 cm³/mol. The molecule has 0 aliphatic rings. The molecule has 0 aliphatic heterocycles. The molecule has 0 aromatic heterocycles. The second-order valence-electron chi connectivity index (χ2n) is 4.62. The molecule has 6 nitrogen and oxygen atoms in total. The summed E-state index contributed by atoms with van der Waals surface area (Å²) in [6, 6.07) is 4.47. The molecule has 1 amide bonds. The lowest BCUT2D eigenvalue weighted by molar-refractivity contribution is -0.137. The van der Waals surface area contributed by atoms with Gasteiger partial charge in [0.1, 0.15) is 11.5 Å². The zero-order valence-corrected chi connectivity index (χ0v) is 12.5. The Balaban J connectivity index is 2.88. The molecule has 116 valence electrons. The van der Waals surface area contributed by atoms with Crippen LogP contribution in [0.3, 0.4) is 0 Å². The number of carboxylic acids is 1. The third kappa shape index (κ3) is 4.98. The summed E-state index contributed by atoms with van der Waals surface area (Å²) in [4.78, 5) is 23.1. The van der Waals surface area contributed by atoms with E-state index in [0.29, 0.717) is 23.5 Å². The predicted octanol–water partition coefficient (Wildman–Crippen LogP) is 2.08. The number of amides is 1. The van der Waals surface area contributed by atoms with E-state index in [4.69, 9.17) is 14.6 Å². The van der Waals surface area contributed by atoms with Crippen LogP contribution in [0.1, 0.15) is 36.5 Å². The summed E-state index contributed by atoms with van der Waals surface area (Å²) in [5.41, 5.74) is 0.352. The van der Waals surface area contributed by atoms with E-state index >= 15 is 0 Å². The van der Waals surface area contributed by atoms with Gasteiger partial charge in [0.2, 0.25) is 0 Å². The number of hydrogen-bond donors (Lipinski definition) is 2. The fourth-order valence-electron chi connectivity index (χ4n) is 2.03. The van der Waals surface area contributed by atoms with Crippen molar-refractivity contribution in [2.24, 2.45) is 0 Å². The number of aliphatic carboxylic acids is 1. The molecule has 0 fully saturated rings. The average molecular weight is 295 g/mol. The van der Waals surface area contributed by atoms with Gasteiger partial charge in [-0.25, -0.2) is 0 Å². The number of ether oxygens (including phenoxy) is 2. The standard InChI is InChI=1S/C15H21NO5/c1-4-5-10(8-14(17)18)16-15(19)12-7-6-11(20-2)9-13(12)21-3/h6-7,9-10H,4-5,8H2,1-3H3,(H,16,19)(H,17,18). The summed E-state index contributed by atoms with van der Waals surface area (Å²) in [5.74, 6) is -0.318. The third-order valence-corrected chi connectivity index (χ3v) is 3.05. The zero-order chi connectivity index (χ0) is 15.8. The highest BCUT2D eigenvalue weighted by atomic mass is 16.5. The van der Waals surface area contributed by atoms with Gasteiger partial charge in [0.05, 0.1) is 26.2 Å². The van der Waals surface area contributed by atoms with E-state index in [2.05, 4.69) is 5.32 Å². The number of methoxy groups -OCH3 is 2. The Hall–Kier alpha value is -2.24. The molecule has 0 spiro atoms. The van der Waals surface area contributed by atoms with Crippen LogP contribution in [-0.2, 0) is 4.79 Å². The van der Waals surface area contributed by atoms with Gasteiger partial charge in [-0.15, -0.1) is 0 Å². The molecule has 1 aromatic rings. The molecular formula is C15H21NO5. The van der Waals surface area contributed by atoms with Crippen LogP contribution >= 0.6 is 0 Å². The molecule has 0 bridgehead atoms. The lowest BCUT2D eigenvalue weighted by atomic mass is 10.1. The number of benzene rings is 1. The van der Waals surface area contributed by atoms with E-state index in [1.54, 1.807) is 18.2 Å². The van der Waals surface area contributed by atoms with Crippen molar-refractivity contribution in [2.45, 2.75) is 32.2 Å². The number of hydrogen-bond acceptors (Lipinski definition) is 4. The number of rotatable bonds is 8. The Kier molecular flexibility index (Phi) is 6.52. The molecule has 0 saturated carbocycles. The van der Waals surface area contributed by atoms with Gasteiger partial charge in [-0.3, -0.25) is 9.59 Å². The molecule has 1 atom stereocenters. The third-order valence-electron chi connectivity index (χ3n) is 3.05. The molecule has 0 aliphatic carbocycles. The minimum atomic E-state index is -0.935. The molecule has 0 saturated heterocycles. The Morgan fingerprint density at radius 2 is 2.00 bits per heavy atom. The van der Waals surface area contributed by atoms with Crippen molar-refractivity contribution < 1.29 is 24.2 Å². The summed E-state index contributed by atoms with van der Waals surface area (Å²) in [5, 5.41) is 11.6. The number of carbonyl (C=O) groups excluding carboxylic acids is 1. The largest absolute Gasteiger partial charge is 0.497 e. The van der Waals surface area contributed by atoms with Crippen LogP contribution in [0.15, 0.2) is 18.2 Å². The minimum Gasteiger partial charge on any atom is -0.497 e. The monoisotopic (exact) mass is 295 g/mol. The summed E-state index contributed by atoms with van der Waals surface area (Å²) >= 11 is 0. The molecule has 2 N–H and O–H groups in total. The first-order valence-electron chi connectivity index (χ1n) is 6.76. The molecular weight excluding hydrogens is 274 g/mol. The van der Waals surface area contributed by atoms with Crippen LogP contribution in [-0.4, -0.2) is 37.2 Å². The van der Waals surface area contributed by atoms with Crippen molar-refractivity contribution in [1.29, 1.82) is 0 Å². The van der Waals surface area contributed by atoms with Crippen LogP contribution in [0.5, 0.6) is 11.5 Å². The molecule has 21 heavy (non-hydrogen) atoms. The van der Waals surface area contributed by atoms with Gasteiger partial charge in [0.15, 0.2) is 0 Å². The first-order valence-corrected chi connectivity index (χ1v) is 6.76. The minimum absolute atomic E-state index is 0.0992. The number of carbonyl (C=O) groups is 2. The lowest BCUT2D eigenvalue weighted by Crippen LogP contribution is -2.36. The Morgan fingerprint density at radius 1 is 1.29 bits per heavy atom. The van der Waals surface area contributed by atoms with E-state index in [0.717, 1.165) is 6.42 Å². The van der Waals surface area contributed by atoms with Gasteiger partial charge in [-0.05, 0) is 18.6 Å². The highest BCUT2D eigenvalue weighted by Gasteiger charge is 2.19. The highest BCUT2D eigenvalue weighted by molar-refractivity contribution is 5.97. The Morgan fingerprint density at radius 3 is 2.52 bits per heavy atom. The maximum absolute atomic E-state index is 12.3. The van der Waals surface area contributed by atoms with Crippen molar-refractivity contribution >= 4 is 11.9 Å². The number of carboxylic acid groups (broad SMARTS) is 1. The smallest absolute Gasteiger partial charge is 0.305 e. The van der Waals surface area contributed by atoms with Crippen LogP contribution in [0.2, 0.25) is 0 Å². The molecule has 1 unspecified atom stereocenters. The van der Waals surface area contributed by atoms with Crippen molar-refractivity contribution in [3.63, 3.8) is 0 Å². The zero-order valence-electron chi connectivity index (χ0n) is 12.5. The highest BCUT2D eigenvalue weighted by Crippen LogP contribution is 2.24. The maximum Gasteiger partial charge on any atom is 0.305 e. The van der Waals surface area contributed by atoms with Crippen LogP contribution in [0, 0.1) is 0 Å². The van der Waals surface area contributed by atoms with E-state index in [1.807, 2.05) is 6.92 Å². The normalized spacial score (nSPS) is 11.6. The Labute approximate surface area is 124 Å². The van der Waals surface area contributed by atoms with Gasteiger partial charge in [-0.2, -0.15) is 0 Å². The fraction of sp³-hybridized carbons (Fsp3) is 0.467. The molecule has 1 aromatic carbocycles. The molecule has 0 heterocycles. The SMILES string of the molecule is CCCC(CC(=O)O)NC(=O)c1ccc(OC)cc1OC. The maximum atomic E-state index is 12.3. The van der Waals surface area contributed by atoms with Crippen LogP contribution < -0.4 is 14.8 Å². The summed E-state index contributed by atoms with van der Waals surface area (Å²) in [6.45, 7) is 1.94. The van der Waals surface area contributed by atoms with E-state index in [9.17, 15) is 9.59 Å². The van der Waals surface area contributed by atoms with Gasteiger partial charge in [0, 0.05) is 12.1 Å².